The fraction of sp³-hybridized carbons (Fsp3) is 0.533. The first-order chi connectivity index (χ1) is 12.4. The number of nitro groups is 1. The van der Waals surface area contributed by atoms with Gasteiger partial charge in [-0.05, 0) is 30.9 Å². The van der Waals surface area contributed by atoms with Crippen LogP contribution in [0.5, 0.6) is 0 Å². The van der Waals surface area contributed by atoms with E-state index in [1.807, 2.05) is 11.8 Å². The largest absolute Gasteiger partial charge is 0.356 e. The lowest BCUT2D eigenvalue weighted by atomic mass is 10.3. The molecule has 1 aromatic rings. The molecule has 0 bridgehead atoms. The van der Waals surface area contributed by atoms with Gasteiger partial charge in [-0.2, -0.15) is 11.8 Å². The molecule has 12 heteroatoms. The summed E-state index contributed by atoms with van der Waals surface area (Å²) < 4.78 is 26.8. The number of aliphatic imine (C=N–C) groups is 1. The normalized spacial score (nSPS) is 11.6. The second-order valence-electron chi connectivity index (χ2n) is 5.28. The maximum Gasteiger partial charge on any atom is 0.270 e. The molecule has 0 unspecified atom stereocenters. The molecule has 0 aliphatic carbocycles. The van der Waals surface area contributed by atoms with Crippen molar-refractivity contribution in [3.05, 3.63) is 34.4 Å². The molecule has 0 spiro atoms. The number of nitro benzene ring substituents is 1. The maximum atomic E-state index is 12.2. The number of hydrogen-bond donors (Lipinski definition) is 3. The van der Waals surface area contributed by atoms with Crippen molar-refractivity contribution in [2.45, 2.75) is 17.7 Å². The van der Waals surface area contributed by atoms with Crippen molar-refractivity contribution in [3.63, 3.8) is 0 Å². The average Bonchev–Trinajstić information content (AvgIpc) is 2.63. The lowest BCUT2D eigenvalue weighted by Crippen LogP contribution is -2.41. The lowest BCUT2D eigenvalue weighted by molar-refractivity contribution is -0.385. The van der Waals surface area contributed by atoms with Gasteiger partial charge in [-0.25, -0.2) is 13.1 Å². The number of unbranched alkanes of at least 4 members (excludes halogenated alkanes) is 1. The summed E-state index contributed by atoms with van der Waals surface area (Å²) in [7, 11) is -2.16. The molecule has 3 N–H and O–H groups in total. The lowest BCUT2D eigenvalue weighted by Gasteiger charge is -2.12. The molecule has 0 fully saturated rings. The van der Waals surface area contributed by atoms with E-state index < -0.39 is 14.9 Å². The van der Waals surface area contributed by atoms with Crippen molar-refractivity contribution in [2.75, 3.05) is 38.7 Å². The highest BCUT2D eigenvalue weighted by Gasteiger charge is 2.16. The molecule has 0 saturated carbocycles. The highest BCUT2D eigenvalue weighted by atomic mass is 127. The van der Waals surface area contributed by atoms with E-state index in [9.17, 15) is 18.5 Å². The Morgan fingerprint density at radius 1 is 1.22 bits per heavy atom. The monoisotopic (exact) mass is 531 g/mol. The molecule has 0 aromatic heterocycles. The van der Waals surface area contributed by atoms with E-state index in [0.717, 1.165) is 31.2 Å². The van der Waals surface area contributed by atoms with Crippen LogP contribution in [0.25, 0.3) is 0 Å². The first kappa shape index (κ1) is 25.9. The summed E-state index contributed by atoms with van der Waals surface area (Å²) in [6.07, 6.45) is 4.22. The Hall–Kier alpha value is -1.12. The Kier molecular flexibility index (Phi) is 13.4. The molecular weight excluding hydrogens is 505 g/mol. The summed E-state index contributed by atoms with van der Waals surface area (Å²) in [5.74, 6) is 1.72. The van der Waals surface area contributed by atoms with E-state index in [0.29, 0.717) is 12.5 Å². The van der Waals surface area contributed by atoms with Crippen LogP contribution >= 0.6 is 35.7 Å². The number of sulfonamides is 1. The summed E-state index contributed by atoms with van der Waals surface area (Å²) in [5, 5.41) is 16.9. The third kappa shape index (κ3) is 10.1. The summed E-state index contributed by atoms with van der Waals surface area (Å²) in [4.78, 5) is 14.1. The van der Waals surface area contributed by atoms with Gasteiger partial charge in [0.15, 0.2) is 5.96 Å². The number of nitrogens with one attached hydrogen (secondary N) is 3. The molecule has 0 atom stereocenters. The minimum absolute atomic E-state index is 0. The van der Waals surface area contributed by atoms with E-state index in [-0.39, 0.29) is 41.1 Å². The van der Waals surface area contributed by atoms with Crippen LogP contribution in [0.15, 0.2) is 34.2 Å². The third-order valence-electron chi connectivity index (χ3n) is 3.34. The van der Waals surface area contributed by atoms with Crippen molar-refractivity contribution >= 4 is 57.4 Å². The Bertz CT molecular complexity index is 716. The number of guanidine groups is 1. The summed E-state index contributed by atoms with van der Waals surface area (Å²) in [6, 6.07) is 4.94. The van der Waals surface area contributed by atoms with Gasteiger partial charge in [-0.3, -0.25) is 15.1 Å². The van der Waals surface area contributed by atoms with E-state index in [4.69, 9.17) is 0 Å². The first-order valence-electron chi connectivity index (χ1n) is 8.08. The number of rotatable bonds is 11. The van der Waals surface area contributed by atoms with Gasteiger partial charge in [-0.15, -0.1) is 24.0 Å². The fourth-order valence-corrected chi connectivity index (χ4v) is 3.58. The van der Waals surface area contributed by atoms with Crippen LogP contribution in [0.1, 0.15) is 12.8 Å². The number of halogens is 1. The smallest absolute Gasteiger partial charge is 0.270 e. The summed E-state index contributed by atoms with van der Waals surface area (Å²) in [6.45, 7) is 1.25. The fourth-order valence-electron chi connectivity index (χ4n) is 2.01. The van der Waals surface area contributed by atoms with Crippen LogP contribution in [0.2, 0.25) is 0 Å². The highest BCUT2D eigenvalue weighted by molar-refractivity contribution is 14.0. The summed E-state index contributed by atoms with van der Waals surface area (Å²) in [5.41, 5.74) is -0.267. The standard InChI is InChI=1S/C15H25N5O4S2.HI/c1-16-15(17-8-3-4-11-25-2)18-9-10-19-26(23,24)14-7-5-6-13(12-14)20(21)22;/h5-7,12,19H,3-4,8-11H2,1-2H3,(H2,16,17,18);1H. The molecule has 0 saturated heterocycles. The van der Waals surface area contributed by atoms with E-state index in [1.54, 1.807) is 7.05 Å². The Morgan fingerprint density at radius 3 is 2.56 bits per heavy atom. The maximum absolute atomic E-state index is 12.2. The molecule has 27 heavy (non-hydrogen) atoms. The number of thioether (sulfide) groups is 1. The van der Waals surface area contributed by atoms with Crippen LogP contribution in [-0.2, 0) is 10.0 Å². The van der Waals surface area contributed by atoms with Crippen LogP contribution in [0, 0.1) is 10.1 Å². The van der Waals surface area contributed by atoms with Gasteiger partial charge in [0, 0.05) is 38.8 Å². The van der Waals surface area contributed by atoms with Gasteiger partial charge in [0.25, 0.3) is 5.69 Å². The SMILES string of the molecule is CN=C(NCCCCSC)NCCNS(=O)(=O)c1cccc([N+](=O)[O-])c1.I. The summed E-state index contributed by atoms with van der Waals surface area (Å²) >= 11 is 1.81. The Balaban J connectivity index is 0.00000676. The van der Waals surface area contributed by atoms with Crippen molar-refractivity contribution in [1.29, 1.82) is 0 Å². The van der Waals surface area contributed by atoms with Gasteiger partial charge < -0.3 is 10.6 Å². The van der Waals surface area contributed by atoms with Gasteiger partial charge in [-0.1, -0.05) is 6.07 Å². The minimum Gasteiger partial charge on any atom is -0.356 e. The van der Waals surface area contributed by atoms with E-state index in [1.165, 1.54) is 18.2 Å². The molecule has 9 nitrogen and oxygen atoms in total. The first-order valence-corrected chi connectivity index (χ1v) is 11.0. The quantitative estimate of drug-likeness (QED) is 0.0993. The predicted octanol–water partition coefficient (Wildman–Crippen LogP) is 1.80. The van der Waals surface area contributed by atoms with Gasteiger partial charge >= 0.3 is 0 Å². The topological polar surface area (TPSA) is 126 Å². The van der Waals surface area contributed by atoms with Gasteiger partial charge in [0.2, 0.25) is 10.0 Å². The molecule has 0 amide bonds. The zero-order chi connectivity index (χ0) is 19.4. The molecular formula is C15H26IN5O4S2. The average molecular weight is 531 g/mol. The van der Waals surface area contributed by atoms with Gasteiger partial charge in [0.05, 0.1) is 9.82 Å². The second-order valence-corrected chi connectivity index (χ2v) is 8.03. The molecule has 0 heterocycles. The molecule has 0 aliphatic heterocycles. The minimum atomic E-state index is -3.81. The zero-order valence-electron chi connectivity index (χ0n) is 15.3. The predicted molar refractivity (Wildman–Crippen MR) is 121 cm³/mol. The Morgan fingerprint density at radius 2 is 1.93 bits per heavy atom. The van der Waals surface area contributed by atoms with Crippen LogP contribution < -0.4 is 15.4 Å². The molecule has 1 rings (SSSR count). The molecule has 0 aliphatic rings. The van der Waals surface area contributed by atoms with Crippen LogP contribution in [-0.4, -0.2) is 58.0 Å². The van der Waals surface area contributed by atoms with E-state index >= 15 is 0 Å². The molecule has 0 radical (unpaired) electrons. The second kappa shape index (κ2) is 14.0. The Labute approximate surface area is 181 Å². The van der Waals surface area contributed by atoms with Crippen LogP contribution in [0.4, 0.5) is 5.69 Å². The molecule has 154 valence electrons. The number of benzene rings is 1. The zero-order valence-corrected chi connectivity index (χ0v) is 19.3. The van der Waals surface area contributed by atoms with Crippen molar-refractivity contribution in [2.24, 2.45) is 4.99 Å². The van der Waals surface area contributed by atoms with Crippen molar-refractivity contribution < 1.29 is 13.3 Å². The van der Waals surface area contributed by atoms with E-state index in [2.05, 4.69) is 26.6 Å². The number of nitrogens with zero attached hydrogens (tertiary/aromatic N) is 2. The van der Waals surface area contributed by atoms with Crippen LogP contribution in [0.3, 0.4) is 0 Å². The number of non-ortho nitro benzene ring substituents is 1. The number of hydrogen-bond acceptors (Lipinski definition) is 6. The highest BCUT2D eigenvalue weighted by Crippen LogP contribution is 2.16. The van der Waals surface area contributed by atoms with Crippen molar-refractivity contribution in [3.8, 4) is 0 Å². The third-order valence-corrected chi connectivity index (χ3v) is 5.50. The van der Waals surface area contributed by atoms with Gasteiger partial charge in [0.1, 0.15) is 0 Å². The molecule has 1 aromatic carbocycles. The van der Waals surface area contributed by atoms with Crippen molar-refractivity contribution in [1.82, 2.24) is 15.4 Å².